The summed E-state index contributed by atoms with van der Waals surface area (Å²) in [5.74, 6) is 1.03. The van der Waals surface area contributed by atoms with Crippen LogP contribution < -0.4 is 0 Å². The molecular weight excluding hydrogens is 158 g/mol. The number of piperidine rings is 1. The van der Waals surface area contributed by atoms with Crippen molar-refractivity contribution in [3.05, 3.63) is 0 Å². The van der Waals surface area contributed by atoms with Crippen molar-refractivity contribution in [1.82, 2.24) is 4.90 Å². The van der Waals surface area contributed by atoms with Gasteiger partial charge in [0.15, 0.2) is 0 Å². The van der Waals surface area contributed by atoms with E-state index in [1.807, 2.05) is 0 Å². The Bertz CT molecular complexity index is 112. The Kier molecular flexibility index (Phi) is 5.45. The molecule has 13 heavy (non-hydrogen) atoms. The number of rotatable bonds is 5. The van der Waals surface area contributed by atoms with Crippen LogP contribution in [-0.4, -0.2) is 24.5 Å². The molecule has 1 fully saturated rings. The van der Waals surface area contributed by atoms with E-state index in [0.717, 1.165) is 5.92 Å². The summed E-state index contributed by atoms with van der Waals surface area (Å²) in [5.41, 5.74) is 0. The van der Waals surface area contributed by atoms with Gasteiger partial charge in [-0.05, 0) is 44.8 Å². The average Bonchev–Trinajstić information content (AvgIpc) is 2.19. The molecule has 0 spiro atoms. The lowest BCUT2D eigenvalue weighted by molar-refractivity contribution is 0.179. The first kappa shape index (κ1) is 11.0. The highest BCUT2D eigenvalue weighted by atomic mass is 15.1. The van der Waals surface area contributed by atoms with Crippen molar-refractivity contribution in [3.8, 4) is 0 Å². The second-order valence-electron chi connectivity index (χ2n) is 4.40. The third kappa shape index (κ3) is 4.12. The minimum absolute atomic E-state index is 1.03. The van der Waals surface area contributed by atoms with Crippen molar-refractivity contribution >= 4 is 0 Å². The van der Waals surface area contributed by atoms with E-state index in [1.54, 1.807) is 0 Å². The van der Waals surface area contributed by atoms with Crippen LogP contribution in [0.3, 0.4) is 0 Å². The van der Waals surface area contributed by atoms with Gasteiger partial charge in [0.25, 0.3) is 0 Å². The van der Waals surface area contributed by atoms with Crippen LogP contribution in [-0.2, 0) is 0 Å². The van der Waals surface area contributed by atoms with Crippen LogP contribution in [0.15, 0.2) is 0 Å². The Morgan fingerprint density at radius 3 is 2.31 bits per heavy atom. The second kappa shape index (κ2) is 6.42. The van der Waals surface area contributed by atoms with Crippen molar-refractivity contribution in [2.24, 2.45) is 5.92 Å². The third-order valence-corrected chi connectivity index (χ3v) is 3.36. The molecule has 1 aliphatic rings. The molecule has 1 aliphatic heterocycles. The van der Waals surface area contributed by atoms with Gasteiger partial charge in [-0.2, -0.15) is 0 Å². The fourth-order valence-corrected chi connectivity index (χ4v) is 2.20. The molecule has 1 heterocycles. The molecule has 0 atom stereocenters. The van der Waals surface area contributed by atoms with E-state index in [-0.39, 0.29) is 0 Å². The van der Waals surface area contributed by atoms with Gasteiger partial charge in [0.05, 0.1) is 0 Å². The highest BCUT2D eigenvalue weighted by molar-refractivity contribution is 4.70. The summed E-state index contributed by atoms with van der Waals surface area (Å²) in [6, 6.07) is 0. The minimum Gasteiger partial charge on any atom is -0.303 e. The van der Waals surface area contributed by atoms with Gasteiger partial charge in [-0.3, -0.25) is 0 Å². The maximum absolute atomic E-state index is 2.65. The lowest BCUT2D eigenvalue weighted by Gasteiger charge is -2.31. The molecule has 0 bridgehead atoms. The molecule has 0 amide bonds. The predicted octanol–water partition coefficient (Wildman–Crippen LogP) is 3.30. The van der Waals surface area contributed by atoms with Crippen LogP contribution in [0.1, 0.15) is 52.4 Å². The molecule has 0 aliphatic carbocycles. The van der Waals surface area contributed by atoms with E-state index in [9.17, 15) is 0 Å². The fraction of sp³-hybridized carbons (Fsp3) is 1.00. The van der Waals surface area contributed by atoms with Crippen LogP contribution in [0.2, 0.25) is 0 Å². The van der Waals surface area contributed by atoms with E-state index in [4.69, 9.17) is 0 Å². The van der Waals surface area contributed by atoms with Crippen molar-refractivity contribution < 1.29 is 0 Å². The summed E-state index contributed by atoms with van der Waals surface area (Å²) >= 11 is 0. The maximum Gasteiger partial charge on any atom is -0.00161 e. The maximum atomic E-state index is 2.65. The molecule has 1 nitrogen and oxygen atoms in total. The molecule has 1 saturated heterocycles. The van der Waals surface area contributed by atoms with Crippen LogP contribution >= 0.6 is 0 Å². The number of hydrogen-bond donors (Lipinski definition) is 0. The average molecular weight is 183 g/mol. The second-order valence-corrected chi connectivity index (χ2v) is 4.40. The SMILES string of the molecule is CCCCCN1CCC(CC)CC1. The molecule has 1 rings (SSSR count). The Hall–Kier alpha value is -0.0400. The van der Waals surface area contributed by atoms with Crippen LogP contribution in [0.25, 0.3) is 0 Å². The van der Waals surface area contributed by atoms with E-state index in [1.165, 1.54) is 58.2 Å². The fourth-order valence-electron chi connectivity index (χ4n) is 2.20. The van der Waals surface area contributed by atoms with E-state index < -0.39 is 0 Å². The normalized spacial score (nSPS) is 20.8. The summed E-state index contributed by atoms with van der Waals surface area (Å²) in [6.45, 7) is 8.69. The van der Waals surface area contributed by atoms with E-state index in [2.05, 4.69) is 18.7 Å². The zero-order valence-corrected chi connectivity index (χ0v) is 9.39. The molecule has 0 saturated carbocycles. The van der Waals surface area contributed by atoms with Crippen LogP contribution in [0, 0.1) is 5.92 Å². The van der Waals surface area contributed by atoms with Crippen molar-refractivity contribution in [2.45, 2.75) is 52.4 Å². The van der Waals surface area contributed by atoms with Gasteiger partial charge >= 0.3 is 0 Å². The van der Waals surface area contributed by atoms with Crippen LogP contribution in [0.5, 0.6) is 0 Å². The standard InChI is InChI=1S/C12H25N/c1-3-5-6-9-13-10-7-12(4-2)8-11-13/h12H,3-11H2,1-2H3. The summed E-state index contributed by atoms with van der Waals surface area (Å²) < 4.78 is 0. The molecule has 0 unspecified atom stereocenters. The zero-order valence-electron chi connectivity index (χ0n) is 9.39. The van der Waals surface area contributed by atoms with Gasteiger partial charge < -0.3 is 4.90 Å². The Balaban J connectivity index is 2.03. The van der Waals surface area contributed by atoms with Crippen molar-refractivity contribution in [2.75, 3.05) is 19.6 Å². The van der Waals surface area contributed by atoms with Crippen molar-refractivity contribution in [1.29, 1.82) is 0 Å². The molecule has 78 valence electrons. The van der Waals surface area contributed by atoms with Gasteiger partial charge in [-0.1, -0.05) is 33.1 Å². The molecule has 0 aromatic rings. The van der Waals surface area contributed by atoms with Gasteiger partial charge in [0.2, 0.25) is 0 Å². The third-order valence-electron chi connectivity index (χ3n) is 3.36. The van der Waals surface area contributed by atoms with E-state index >= 15 is 0 Å². The van der Waals surface area contributed by atoms with Crippen molar-refractivity contribution in [3.63, 3.8) is 0 Å². The summed E-state index contributed by atoms with van der Waals surface area (Å²) in [4.78, 5) is 2.65. The van der Waals surface area contributed by atoms with E-state index in [0.29, 0.717) is 0 Å². The molecule has 0 radical (unpaired) electrons. The monoisotopic (exact) mass is 183 g/mol. The largest absolute Gasteiger partial charge is 0.303 e. The molecule has 0 aromatic heterocycles. The molecule has 1 heteroatoms. The number of nitrogens with zero attached hydrogens (tertiary/aromatic N) is 1. The first-order chi connectivity index (χ1) is 6.36. The van der Waals surface area contributed by atoms with Gasteiger partial charge in [0, 0.05) is 0 Å². The Morgan fingerprint density at radius 1 is 1.08 bits per heavy atom. The van der Waals surface area contributed by atoms with Gasteiger partial charge in [-0.15, -0.1) is 0 Å². The number of likely N-dealkylation sites (tertiary alicyclic amines) is 1. The molecule has 0 N–H and O–H groups in total. The quantitative estimate of drug-likeness (QED) is 0.591. The number of unbranched alkanes of at least 4 members (excludes halogenated alkanes) is 2. The lowest BCUT2D eigenvalue weighted by atomic mass is 9.94. The molecular formula is C12H25N. The first-order valence-electron chi connectivity index (χ1n) is 6.09. The minimum atomic E-state index is 1.03. The van der Waals surface area contributed by atoms with Gasteiger partial charge in [0.1, 0.15) is 0 Å². The number of hydrogen-bond acceptors (Lipinski definition) is 1. The highest BCUT2D eigenvalue weighted by Crippen LogP contribution is 2.19. The predicted molar refractivity (Wildman–Crippen MR) is 59.0 cm³/mol. The zero-order chi connectivity index (χ0) is 9.52. The highest BCUT2D eigenvalue weighted by Gasteiger charge is 2.16. The summed E-state index contributed by atoms with van der Waals surface area (Å²) in [7, 11) is 0. The lowest BCUT2D eigenvalue weighted by Crippen LogP contribution is -2.34. The topological polar surface area (TPSA) is 3.24 Å². The van der Waals surface area contributed by atoms with Gasteiger partial charge in [-0.25, -0.2) is 0 Å². The Labute approximate surface area is 83.5 Å². The summed E-state index contributed by atoms with van der Waals surface area (Å²) in [6.07, 6.45) is 8.46. The van der Waals surface area contributed by atoms with Crippen LogP contribution in [0.4, 0.5) is 0 Å². The molecule has 0 aromatic carbocycles. The summed E-state index contributed by atoms with van der Waals surface area (Å²) in [5, 5.41) is 0. The first-order valence-corrected chi connectivity index (χ1v) is 6.09. The smallest absolute Gasteiger partial charge is 0.00161 e. The Morgan fingerprint density at radius 2 is 1.77 bits per heavy atom.